The zero-order valence-electron chi connectivity index (χ0n) is 39.7. The zero-order chi connectivity index (χ0) is 49.4. The van der Waals surface area contributed by atoms with Crippen LogP contribution in [-0.4, -0.2) is 19.9 Å². The molecule has 10 nitrogen and oxygen atoms in total. The quantitative estimate of drug-likeness (QED) is 0.131. The van der Waals surface area contributed by atoms with Gasteiger partial charge in [0.05, 0.1) is 10.4 Å². The van der Waals surface area contributed by atoms with E-state index >= 15 is 0 Å². The average molecular weight is 987 g/mol. The number of thiophene rings is 1. The molecule has 0 fully saturated rings. The van der Waals surface area contributed by atoms with Crippen molar-refractivity contribution in [2.75, 3.05) is 9.80 Å². The zero-order valence-corrected chi connectivity index (χ0v) is 40.5. The Labute approximate surface area is 431 Å². The van der Waals surface area contributed by atoms with Crippen molar-refractivity contribution in [1.29, 1.82) is 0 Å². The van der Waals surface area contributed by atoms with Gasteiger partial charge in [-0.2, -0.15) is 0 Å². The summed E-state index contributed by atoms with van der Waals surface area (Å²) in [6, 6.07) is 78.2. The standard InChI is InChI=1S/C64H38N6O4S/c1-5-16-55-50(11-1)65-61(71-55)39-20-28-43(29-21-39)69(44-30-22-40(23-31-44)62-66-51-12-2-6-17-56(51)72-62)47-36-37-59-49(38-47)48-10-9-15-54(60(48)75-59)70(45-32-24-41(25-33-45)63-67-52-13-3-7-18-57(52)73-63)46-34-26-42(27-35-46)64-68-53-14-4-8-19-58(53)74-64/h1-38H. The topological polar surface area (TPSA) is 111 Å². The minimum absolute atomic E-state index is 0.575. The number of fused-ring (bicyclic) bond motifs is 7. The Hall–Kier alpha value is -10.1. The number of nitrogens with zero attached hydrogens (tertiary/aromatic N) is 6. The van der Waals surface area contributed by atoms with Crippen molar-refractivity contribution in [3.8, 4) is 45.8 Å². The smallest absolute Gasteiger partial charge is 0.227 e. The van der Waals surface area contributed by atoms with E-state index in [9.17, 15) is 0 Å². The lowest BCUT2D eigenvalue weighted by molar-refractivity contribution is 0.619. The maximum atomic E-state index is 6.19. The van der Waals surface area contributed by atoms with Crippen LogP contribution in [0.4, 0.5) is 34.1 Å². The van der Waals surface area contributed by atoms with Crippen LogP contribution in [-0.2, 0) is 0 Å². The van der Waals surface area contributed by atoms with Gasteiger partial charge in [-0.25, -0.2) is 19.9 Å². The molecule has 0 amide bonds. The number of anilines is 6. The molecule has 0 radical (unpaired) electrons. The summed E-state index contributed by atoms with van der Waals surface area (Å²) in [5.41, 5.74) is 15.8. The van der Waals surface area contributed by atoms with Crippen LogP contribution < -0.4 is 9.80 Å². The Morgan fingerprint density at radius 3 is 1.01 bits per heavy atom. The van der Waals surface area contributed by atoms with E-state index in [2.05, 4.69) is 143 Å². The van der Waals surface area contributed by atoms with E-state index < -0.39 is 0 Å². The van der Waals surface area contributed by atoms with Crippen molar-refractivity contribution >= 4 is 110 Å². The first kappa shape index (κ1) is 42.6. The van der Waals surface area contributed by atoms with E-state index in [1.54, 1.807) is 11.3 Å². The van der Waals surface area contributed by atoms with E-state index in [0.717, 1.165) is 121 Å². The monoisotopic (exact) mass is 986 g/mol. The van der Waals surface area contributed by atoms with Crippen LogP contribution in [0.1, 0.15) is 0 Å². The second-order valence-corrected chi connectivity index (χ2v) is 19.3. The van der Waals surface area contributed by atoms with Crippen molar-refractivity contribution in [2.24, 2.45) is 0 Å². The molecule has 0 spiro atoms. The molecule has 75 heavy (non-hydrogen) atoms. The van der Waals surface area contributed by atoms with Crippen LogP contribution in [0.3, 0.4) is 0 Å². The molecular weight excluding hydrogens is 949 g/mol. The lowest BCUT2D eigenvalue weighted by Crippen LogP contribution is -2.10. The summed E-state index contributed by atoms with van der Waals surface area (Å²) < 4.78 is 27.0. The predicted molar refractivity (Wildman–Crippen MR) is 301 cm³/mol. The van der Waals surface area contributed by atoms with Gasteiger partial charge in [0.1, 0.15) is 22.1 Å². The van der Waals surface area contributed by atoms with Crippen LogP contribution in [0.5, 0.6) is 0 Å². The molecule has 0 saturated carbocycles. The third-order valence-electron chi connectivity index (χ3n) is 13.6. The van der Waals surface area contributed by atoms with Crippen LogP contribution >= 0.6 is 11.3 Å². The summed E-state index contributed by atoms with van der Waals surface area (Å²) >= 11 is 1.78. The average Bonchev–Trinajstić information content (AvgIpc) is 4.35. The minimum atomic E-state index is 0.575. The van der Waals surface area contributed by atoms with E-state index in [-0.39, 0.29) is 0 Å². The highest BCUT2D eigenvalue weighted by Crippen LogP contribution is 2.47. The number of benzene rings is 10. The van der Waals surface area contributed by atoms with Crippen LogP contribution in [0, 0.1) is 0 Å². The van der Waals surface area contributed by atoms with Gasteiger partial charge in [0.25, 0.3) is 0 Å². The number of para-hydroxylation sites is 8. The molecule has 354 valence electrons. The number of oxazole rings is 4. The van der Waals surface area contributed by atoms with E-state index in [1.807, 2.05) is 97.1 Å². The van der Waals surface area contributed by atoms with E-state index in [1.165, 1.54) is 0 Å². The Bertz CT molecular complexity index is 4240. The van der Waals surface area contributed by atoms with Crippen molar-refractivity contribution in [3.05, 3.63) is 231 Å². The molecule has 0 atom stereocenters. The first-order chi connectivity index (χ1) is 37.1. The summed E-state index contributed by atoms with van der Waals surface area (Å²) in [7, 11) is 0. The Balaban J connectivity index is 0.840. The van der Waals surface area contributed by atoms with Crippen molar-refractivity contribution in [2.45, 2.75) is 0 Å². The van der Waals surface area contributed by atoms with Gasteiger partial charge in [-0.05, 0) is 170 Å². The van der Waals surface area contributed by atoms with Crippen molar-refractivity contribution < 1.29 is 17.7 Å². The summed E-state index contributed by atoms with van der Waals surface area (Å²) in [5.74, 6) is 2.30. The molecule has 0 aliphatic rings. The molecule has 11 heteroatoms. The highest BCUT2D eigenvalue weighted by Gasteiger charge is 2.22. The molecule has 15 rings (SSSR count). The molecule has 0 aliphatic heterocycles. The van der Waals surface area contributed by atoms with Gasteiger partial charge in [-0.3, -0.25) is 0 Å². The minimum Gasteiger partial charge on any atom is -0.436 e. The van der Waals surface area contributed by atoms with Crippen LogP contribution in [0.15, 0.2) is 248 Å². The number of rotatable bonds is 10. The normalized spacial score (nSPS) is 11.7. The molecule has 15 aromatic rings. The number of aromatic nitrogens is 4. The summed E-state index contributed by atoms with van der Waals surface area (Å²) in [5, 5.41) is 2.28. The molecule has 5 heterocycles. The number of hydrogen-bond donors (Lipinski definition) is 0. The molecule has 0 bridgehead atoms. The molecule has 5 aromatic heterocycles. The summed E-state index contributed by atoms with van der Waals surface area (Å²) in [4.78, 5) is 23.7. The van der Waals surface area contributed by atoms with E-state index in [0.29, 0.717) is 23.6 Å². The highest BCUT2D eigenvalue weighted by atomic mass is 32.1. The van der Waals surface area contributed by atoms with Crippen molar-refractivity contribution in [1.82, 2.24) is 19.9 Å². The predicted octanol–water partition coefficient (Wildman–Crippen LogP) is 18.2. The molecule has 0 saturated heterocycles. The fraction of sp³-hybridized carbons (Fsp3) is 0. The Kier molecular flexibility index (Phi) is 9.82. The second kappa shape index (κ2) is 17.3. The fourth-order valence-electron chi connectivity index (χ4n) is 9.96. The maximum Gasteiger partial charge on any atom is 0.227 e. The lowest BCUT2D eigenvalue weighted by atomic mass is 10.1. The molecule has 10 aromatic carbocycles. The Morgan fingerprint density at radius 2 is 0.640 bits per heavy atom. The van der Waals surface area contributed by atoms with Gasteiger partial charge < -0.3 is 27.5 Å². The van der Waals surface area contributed by atoms with Crippen LogP contribution in [0.2, 0.25) is 0 Å². The SMILES string of the molecule is c1ccc2oc(-c3ccc(N(c4ccc(-c5nc6ccccc6o5)cc4)c4ccc5sc6c(N(c7ccc(-c8nc9ccccc9o8)cc7)c7ccc(-c8nc9ccccc9o8)cc7)cccc6c5c4)cc3)nc2c1. The van der Waals surface area contributed by atoms with Gasteiger partial charge in [-0.1, -0.05) is 60.7 Å². The lowest BCUT2D eigenvalue weighted by Gasteiger charge is -2.26. The number of hydrogen-bond acceptors (Lipinski definition) is 11. The van der Waals surface area contributed by atoms with Gasteiger partial charge >= 0.3 is 0 Å². The molecule has 0 aliphatic carbocycles. The Morgan fingerprint density at radius 1 is 0.293 bits per heavy atom. The summed E-state index contributed by atoms with van der Waals surface area (Å²) in [6.45, 7) is 0. The summed E-state index contributed by atoms with van der Waals surface area (Å²) in [6.07, 6.45) is 0. The highest BCUT2D eigenvalue weighted by molar-refractivity contribution is 7.26. The third kappa shape index (κ3) is 7.48. The van der Waals surface area contributed by atoms with Gasteiger partial charge in [0.2, 0.25) is 23.6 Å². The first-order valence-electron chi connectivity index (χ1n) is 24.5. The van der Waals surface area contributed by atoms with Crippen LogP contribution in [0.25, 0.3) is 110 Å². The third-order valence-corrected chi connectivity index (χ3v) is 14.8. The van der Waals surface area contributed by atoms with E-state index in [4.69, 9.17) is 37.6 Å². The fourth-order valence-corrected chi connectivity index (χ4v) is 11.1. The molecule has 0 unspecified atom stereocenters. The maximum absolute atomic E-state index is 6.19. The first-order valence-corrected chi connectivity index (χ1v) is 25.3. The van der Waals surface area contributed by atoms with Crippen molar-refractivity contribution in [3.63, 3.8) is 0 Å². The molecular formula is C64H38N6O4S. The van der Waals surface area contributed by atoms with Gasteiger partial charge in [0.15, 0.2) is 22.3 Å². The van der Waals surface area contributed by atoms with Gasteiger partial charge in [-0.15, -0.1) is 11.3 Å². The molecule has 0 N–H and O–H groups in total. The largest absolute Gasteiger partial charge is 0.436 e. The second-order valence-electron chi connectivity index (χ2n) is 18.2. The van der Waals surface area contributed by atoms with Gasteiger partial charge in [0, 0.05) is 66.2 Å².